The minimum atomic E-state index is -4.40. The van der Waals surface area contributed by atoms with E-state index in [0.29, 0.717) is 16.9 Å². The number of carbonyl (C=O) groups is 1. The summed E-state index contributed by atoms with van der Waals surface area (Å²) >= 11 is 0. The summed E-state index contributed by atoms with van der Waals surface area (Å²) in [7, 11) is 0. The first-order chi connectivity index (χ1) is 9.45. The molecule has 1 amide bonds. The predicted octanol–water partition coefficient (Wildman–Crippen LogP) is 2.90. The molecule has 2 aromatic rings. The van der Waals surface area contributed by atoms with Gasteiger partial charge in [-0.05, 0) is 11.6 Å². The van der Waals surface area contributed by atoms with Crippen molar-refractivity contribution in [3.05, 3.63) is 47.2 Å². The molecule has 0 radical (unpaired) electrons. The van der Waals surface area contributed by atoms with Gasteiger partial charge in [-0.1, -0.05) is 18.2 Å². The lowest BCUT2D eigenvalue weighted by Gasteiger charge is -2.22. The number of alkyl halides is 3. The normalized spacial score (nSPS) is 18.6. The highest BCUT2D eigenvalue weighted by atomic mass is 19.4. The Morgan fingerprint density at radius 3 is 2.85 bits per heavy atom. The predicted molar refractivity (Wildman–Crippen MR) is 65.1 cm³/mol. The average Bonchev–Trinajstić information content (AvgIpc) is 2.85. The molecule has 104 valence electrons. The van der Waals surface area contributed by atoms with Crippen molar-refractivity contribution >= 4 is 11.7 Å². The van der Waals surface area contributed by atoms with Crippen LogP contribution in [0, 0.1) is 0 Å². The van der Waals surface area contributed by atoms with E-state index in [1.165, 1.54) is 12.3 Å². The number of halogens is 3. The summed E-state index contributed by atoms with van der Waals surface area (Å²) in [4.78, 5) is 11.6. The fourth-order valence-electron chi connectivity index (χ4n) is 2.37. The van der Waals surface area contributed by atoms with Gasteiger partial charge < -0.3 is 5.32 Å². The van der Waals surface area contributed by atoms with Crippen LogP contribution in [0.4, 0.5) is 19.0 Å². The summed E-state index contributed by atoms with van der Waals surface area (Å²) < 4.78 is 38.2. The van der Waals surface area contributed by atoms with Crippen molar-refractivity contribution in [3.63, 3.8) is 0 Å². The first-order valence-corrected chi connectivity index (χ1v) is 5.95. The molecule has 0 fully saturated rings. The quantitative estimate of drug-likeness (QED) is 0.844. The van der Waals surface area contributed by atoms with Crippen LogP contribution in [-0.2, 0) is 11.0 Å². The first kappa shape index (κ1) is 12.7. The molecule has 1 aromatic carbocycles. The molecular formula is C13H10F3N3O. The molecule has 1 aliphatic heterocycles. The first-order valence-electron chi connectivity index (χ1n) is 5.95. The zero-order valence-electron chi connectivity index (χ0n) is 10.2. The molecule has 1 atom stereocenters. The molecule has 3 rings (SSSR count). The molecule has 0 saturated heterocycles. The number of aromatic nitrogens is 2. The number of nitrogens with zero attached hydrogens (tertiary/aromatic N) is 1. The maximum Gasteiger partial charge on any atom is 0.416 e. The van der Waals surface area contributed by atoms with Crippen molar-refractivity contribution in [2.24, 2.45) is 0 Å². The second-order valence-electron chi connectivity index (χ2n) is 4.63. The van der Waals surface area contributed by atoms with Crippen LogP contribution in [0.1, 0.15) is 29.0 Å². The minimum absolute atomic E-state index is 0.105. The number of aromatic amines is 1. The van der Waals surface area contributed by atoms with E-state index < -0.39 is 17.7 Å². The number of H-pyrrole nitrogens is 1. The zero-order chi connectivity index (χ0) is 14.3. The molecule has 4 nitrogen and oxygen atoms in total. The van der Waals surface area contributed by atoms with Crippen LogP contribution in [0.3, 0.4) is 0 Å². The summed E-state index contributed by atoms with van der Waals surface area (Å²) in [5.41, 5.74) is 0.437. The number of nitrogens with one attached hydrogen (secondary N) is 2. The molecular weight excluding hydrogens is 271 g/mol. The molecule has 7 heteroatoms. The molecule has 2 heterocycles. The molecule has 1 unspecified atom stereocenters. The van der Waals surface area contributed by atoms with Crippen molar-refractivity contribution in [1.82, 2.24) is 10.2 Å². The Hall–Kier alpha value is -2.31. The van der Waals surface area contributed by atoms with E-state index in [0.717, 1.165) is 12.1 Å². The molecule has 20 heavy (non-hydrogen) atoms. The van der Waals surface area contributed by atoms with Gasteiger partial charge in [0, 0.05) is 17.9 Å². The van der Waals surface area contributed by atoms with E-state index in [2.05, 4.69) is 15.5 Å². The molecule has 1 aromatic heterocycles. The molecule has 0 saturated carbocycles. The van der Waals surface area contributed by atoms with Crippen molar-refractivity contribution in [2.45, 2.75) is 18.5 Å². The third kappa shape index (κ3) is 2.15. The van der Waals surface area contributed by atoms with Gasteiger partial charge in [-0.2, -0.15) is 18.3 Å². The molecule has 2 N–H and O–H groups in total. The van der Waals surface area contributed by atoms with E-state index in [-0.39, 0.29) is 12.3 Å². The van der Waals surface area contributed by atoms with Crippen molar-refractivity contribution < 1.29 is 18.0 Å². The van der Waals surface area contributed by atoms with E-state index in [9.17, 15) is 18.0 Å². The SMILES string of the molecule is O=C1CC(c2cccc(C(F)(F)F)c2)c2cn[nH]c2N1. The Morgan fingerprint density at radius 2 is 2.10 bits per heavy atom. The molecule has 0 aliphatic carbocycles. The van der Waals surface area contributed by atoms with Crippen LogP contribution in [-0.4, -0.2) is 16.1 Å². The number of hydrogen-bond acceptors (Lipinski definition) is 2. The Morgan fingerprint density at radius 1 is 1.30 bits per heavy atom. The monoisotopic (exact) mass is 281 g/mol. The summed E-state index contributed by atoms with van der Waals surface area (Å²) in [6.07, 6.45) is -2.76. The van der Waals surface area contributed by atoms with Crippen LogP contribution in [0.5, 0.6) is 0 Å². The highest BCUT2D eigenvalue weighted by molar-refractivity contribution is 5.94. The highest BCUT2D eigenvalue weighted by Crippen LogP contribution is 2.38. The van der Waals surface area contributed by atoms with E-state index in [1.807, 2.05) is 0 Å². The third-order valence-corrected chi connectivity index (χ3v) is 3.31. The standard InChI is InChI=1S/C13H10F3N3O/c14-13(15,16)8-3-1-2-7(4-8)9-5-11(20)18-12-10(9)6-17-19-12/h1-4,6,9H,5H2,(H2,17,18,19,20). The van der Waals surface area contributed by atoms with Gasteiger partial charge in [0.2, 0.25) is 5.91 Å². The van der Waals surface area contributed by atoms with Crippen molar-refractivity contribution in [3.8, 4) is 0 Å². The van der Waals surface area contributed by atoms with Crippen LogP contribution in [0.2, 0.25) is 0 Å². The number of rotatable bonds is 1. The maximum atomic E-state index is 12.7. The molecule has 1 aliphatic rings. The average molecular weight is 281 g/mol. The van der Waals surface area contributed by atoms with E-state index in [4.69, 9.17) is 0 Å². The van der Waals surface area contributed by atoms with Gasteiger partial charge in [0.25, 0.3) is 0 Å². The third-order valence-electron chi connectivity index (χ3n) is 3.31. The van der Waals surface area contributed by atoms with Crippen molar-refractivity contribution in [1.29, 1.82) is 0 Å². The van der Waals surface area contributed by atoms with Gasteiger partial charge in [0.15, 0.2) is 0 Å². The lowest BCUT2D eigenvalue weighted by molar-refractivity contribution is -0.137. The van der Waals surface area contributed by atoms with Gasteiger partial charge in [-0.25, -0.2) is 0 Å². The number of benzene rings is 1. The second kappa shape index (κ2) is 4.36. The maximum absolute atomic E-state index is 12.7. The lowest BCUT2D eigenvalue weighted by atomic mass is 9.86. The number of anilines is 1. The van der Waals surface area contributed by atoms with Crippen LogP contribution in [0.15, 0.2) is 30.5 Å². The topological polar surface area (TPSA) is 57.8 Å². The van der Waals surface area contributed by atoms with Gasteiger partial charge in [-0.15, -0.1) is 0 Å². The van der Waals surface area contributed by atoms with Crippen LogP contribution >= 0.6 is 0 Å². The fraction of sp³-hybridized carbons (Fsp3) is 0.231. The summed E-state index contributed by atoms with van der Waals surface area (Å²) in [5, 5.41) is 9.06. The van der Waals surface area contributed by atoms with Gasteiger partial charge in [0.05, 0.1) is 11.8 Å². The number of carbonyl (C=O) groups excluding carboxylic acids is 1. The number of amides is 1. The van der Waals surface area contributed by atoms with Crippen LogP contribution in [0.25, 0.3) is 0 Å². The Kier molecular flexibility index (Phi) is 2.77. The Bertz CT molecular complexity index is 663. The largest absolute Gasteiger partial charge is 0.416 e. The minimum Gasteiger partial charge on any atom is -0.311 e. The zero-order valence-corrected chi connectivity index (χ0v) is 10.2. The number of hydrogen-bond donors (Lipinski definition) is 2. The number of fused-ring (bicyclic) bond motifs is 1. The Balaban J connectivity index is 2.04. The fourth-order valence-corrected chi connectivity index (χ4v) is 2.37. The van der Waals surface area contributed by atoms with Gasteiger partial charge in [0.1, 0.15) is 5.82 Å². The smallest absolute Gasteiger partial charge is 0.311 e. The summed E-state index contributed by atoms with van der Waals surface area (Å²) in [6, 6.07) is 5.04. The van der Waals surface area contributed by atoms with E-state index >= 15 is 0 Å². The van der Waals surface area contributed by atoms with Crippen molar-refractivity contribution in [2.75, 3.05) is 5.32 Å². The van der Waals surface area contributed by atoms with Crippen LogP contribution < -0.4 is 5.32 Å². The highest BCUT2D eigenvalue weighted by Gasteiger charge is 2.33. The molecule has 0 bridgehead atoms. The van der Waals surface area contributed by atoms with E-state index in [1.54, 1.807) is 6.07 Å². The van der Waals surface area contributed by atoms with Gasteiger partial charge >= 0.3 is 6.18 Å². The lowest BCUT2D eigenvalue weighted by Crippen LogP contribution is -2.23. The second-order valence-corrected chi connectivity index (χ2v) is 4.63. The van der Waals surface area contributed by atoms with Gasteiger partial charge in [-0.3, -0.25) is 9.89 Å². The Labute approximate surface area is 112 Å². The summed E-state index contributed by atoms with van der Waals surface area (Å²) in [6.45, 7) is 0. The molecule has 0 spiro atoms. The summed E-state index contributed by atoms with van der Waals surface area (Å²) in [5.74, 6) is -0.215.